The van der Waals surface area contributed by atoms with E-state index in [1.807, 2.05) is 13.0 Å². The molecule has 1 aromatic heterocycles. The zero-order valence-electron chi connectivity index (χ0n) is 20.2. The Morgan fingerprint density at radius 1 is 1.14 bits per heavy atom. The number of nitrogens with one attached hydrogen (secondary N) is 1. The Hall–Kier alpha value is -3.69. The summed E-state index contributed by atoms with van der Waals surface area (Å²) >= 11 is 0. The Morgan fingerprint density at radius 3 is 2.39 bits per heavy atom. The number of carbonyl (C=O) groups is 2. The van der Waals surface area contributed by atoms with Crippen molar-refractivity contribution >= 4 is 17.6 Å². The average Bonchev–Trinajstić information content (AvgIpc) is 3.15. The van der Waals surface area contributed by atoms with E-state index in [4.69, 9.17) is 0 Å². The number of rotatable bonds is 5. The molecule has 4 rings (SSSR count). The first-order valence-corrected chi connectivity index (χ1v) is 11.5. The maximum absolute atomic E-state index is 13.8. The number of aromatic nitrogens is 2. The molecule has 1 aliphatic rings. The van der Waals surface area contributed by atoms with Gasteiger partial charge >= 0.3 is 6.18 Å². The molecule has 10 heteroatoms. The quantitative estimate of drug-likeness (QED) is 0.496. The number of nitrogens with zero attached hydrogens (tertiary/aromatic N) is 3. The van der Waals surface area contributed by atoms with Gasteiger partial charge in [0.05, 0.1) is 5.69 Å². The molecule has 2 aromatic carbocycles. The fraction of sp³-hybridized carbons (Fsp3) is 0.346. The molecular weight excluding hydrogens is 476 g/mol. The van der Waals surface area contributed by atoms with Gasteiger partial charge in [-0.2, -0.15) is 18.3 Å². The van der Waals surface area contributed by atoms with Crippen LogP contribution in [0.3, 0.4) is 0 Å². The van der Waals surface area contributed by atoms with E-state index in [2.05, 4.69) is 10.4 Å². The van der Waals surface area contributed by atoms with Crippen molar-refractivity contribution in [3.8, 4) is 0 Å². The Morgan fingerprint density at radius 2 is 1.81 bits per heavy atom. The van der Waals surface area contributed by atoms with E-state index in [-0.39, 0.29) is 18.1 Å². The first-order valence-electron chi connectivity index (χ1n) is 11.5. The van der Waals surface area contributed by atoms with Gasteiger partial charge in [0.25, 0.3) is 11.8 Å². The van der Waals surface area contributed by atoms with Gasteiger partial charge in [0.2, 0.25) is 0 Å². The Kier molecular flexibility index (Phi) is 6.64. The van der Waals surface area contributed by atoms with Crippen LogP contribution in [0.4, 0.5) is 23.4 Å². The van der Waals surface area contributed by atoms with Gasteiger partial charge in [-0.15, -0.1) is 0 Å². The van der Waals surface area contributed by atoms with Gasteiger partial charge in [-0.1, -0.05) is 29.8 Å². The second kappa shape index (κ2) is 9.40. The zero-order valence-corrected chi connectivity index (χ0v) is 20.2. The number of carbonyl (C=O) groups excluding carboxylic acids is 2. The van der Waals surface area contributed by atoms with Crippen molar-refractivity contribution in [2.24, 2.45) is 0 Å². The predicted molar refractivity (Wildman–Crippen MR) is 126 cm³/mol. The van der Waals surface area contributed by atoms with Crippen molar-refractivity contribution in [2.75, 3.05) is 11.4 Å². The molecule has 1 unspecified atom stereocenters. The Labute approximate surface area is 205 Å². The molecule has 0 saturated heterocycles. The van der Waals surface area contributed by atoms with Crippen LogP contribution in [-0.4, -0.2) is 40.4 Å². The van der Waals surface area contributed by atoms with E-state index in [1.165, 1.54) is 29.2 Å². The van der Waals surface area contributed by atoms with Gasteiger partial charge in [-0.3, -0.25) is 14.5 Å². The summed E-state index contributed by atoms with van der Waals surface area (Å²) in [6, 6.07) is 9.05. The molecule has 0 bridgehead atoms. The first-order chi connectivity index (χ1) is 16.9. The highest BCUT2D eigenvalue weighted by molar-refractivity contribution is 6.05. The van der Waals surface area contributed by atoms with Crippen molar-refractivity contribution in [1.29, 1.82) is 0 Å². The lowest BCUT2D eigenvalue weighted by molar-refractivity contribution is -0.165. The second-order valence-electron chi connectivity index (χ2n) is 8.92. The van der Waals surface area contributed by atoms with E-state index >= 15 is 0 Å². The predicted octanol–water partition coefficient (Wildman–Crippen LogP) is 5.06. The van der Waals surface area contributed by atoms with Gasteiger partial charge in [-0.25, -0.2) is 9.07 Å². The largest absolute Gasteiger partial charge is 0.410 e. The fourth-order valence-corrected chi connectivity index (χ4v) is 4.66. The number of anilines is 1. The van der Waals surface area contributed by atoms with Crippen LogP contribution < -0.4 is 10.2 Å². The van der Waals surface area contributed by atoms with Crippen molar-refractivity contribution in [2.45, 2.75) is 51.9 Å². The van der Waals surface area contributed by atoms with Gasteiger partial charge in [0.1, 0.15) is 23.7 Å². The number of amides is 2. The lowest BCUT2D eigenvalue weighted by atomic mass is 9.81. The molecule has 2 amide bonds. The molecule has 0 aliphatic carbocycles. The molecule has 3 aromatic rings. The molecular formula is C26H26F4N4O2. The molecule has 1 N–H and O–H groups in total. The van der Waals surface area contributed by atoms with Crippen LogP contribution in [0.1, 0.15) is 58.5 Å². The second-order valence-corrected chi connectivity index (χ2v) is 8.92. The summed E-state index contributed by atoms with van der Waals surface area (Å²) in [5.74, 6) is -2.43. The lowest BCUT2D eigenvalue weighted by Crippen LogP contribution is -2.55. The van der Waals surface area contributed by atoms with E-state index in [1.54, 1.807) is 32.0 Å². The topological polar surface area (TPSA) is 67.2 Å². The van der Waals surface area contributed by atoms with Crippen molar-refractivity contribution in [1.82, 2.24) is 15.1 Å². The first kappa shape index (κ1) is 25.4. The normalized spacial score (nSPS) is 18.7. The number of halogens is 4. The van der Waals surface area contributed by atoms with Gasteiger partial charge in [-0.05, 0) is 57.5 Å². The van der Waals surface area contributed by atoms with Gasteiger partial charge in [0.15, 0.2) is 0 Å². The Balaban J connectivity index is 1.90. The molecule has 6 nitrogen and oxygen atoms in total. The van der Waals surface area contributed by atoms with E-state index < -0.39 is 41.8 Å². The van der Waals surface area contributed by atoms with Crippen LogP contribution >= 0.6 is 0 Å². The highest BCUT2D eigenvalue weighted by Gasteiger charge is 2.48. The number of fused-ring (bicyclic) bond motifs is 1. The van der Waals surface area contributed by atoms with Crippen molar-refractivity contribution in [3.63, 3.8) is 0 Å². The smallest absolute Gasteiger partial charge is 0.339 e. The molecule has 0 spiro atoms. The van der Waals surface area contributed by atoms with Crippen LogP contribution in [0.15, 0.2) is 48.5 Å². The summed E-state index contributed by atoms with van der Waals surface area (Å²) in [7, 11) is 0. The summed E-state index contributed by atoms with van der Waals surface area (Å²) in [4.78, 5) is 28.1. The molecule has 3 atom stereocenters. The molecule has 0 radical (unpaired) electrons. The third-order valence-electron chi connectivity index (χ3n) is 6.49. The summed E-state index contributed by atoms with van der Waals surface area (Å²) in [6.45, 7) is 6.08. The van der Waals surface area contributed by atoms with E-state index in [9.17, 15) is 27.2 Å². The minimum absolute atomic E-state index is 0.0280. The molecule has 190 valence electrons. The molecule has 2 heterocycles. The highest BCUT2D eigenvalue weighted by atomic mass is 19.4. The number of hydrogen-bond donors (Lipinski definition) is 1. The van der Waals surface area contributed by atoms with Crippen LogP contribution in [0.25, 0.3) is 0 Å². The maximum atomic E-state index is 13.8. The number of benzene rings is 2. The third kappa shape index (κ3) is 4.47. The number of aryl methyl sites for hydroxylation is 2. The van der Waals surface area contributed by atoms with Crippen LogP contribution in [-0.2, 0) is 4.79 Å². The van der Waals surface area contributed by atoms with Crippen LogP contribution in [0.5, 0.6) is 0 Å². The van der Waals surface area contributed by atoms with Crippen molar-refractivity contribution in [3.05, 3.63) is 82.3 Å². The summed E-state index contributed by atoms with van der Waals surface area (Å²) in [6.07, 6.45) is -4.60. The Bertz CT molecular complexity index is 1300. The third-order valence-corrected chi connectivity index (χ3v) is 6.49. The zero-order chi connectivity index (χ0) is 26.4. The molecule has 36 heavy (non-hydrogen) atoms. The average molecular weight is 503 g/mol. The summed E-state index contributed by atoms with van der Waals surface area (Å²) < 4.78 is 55.7. The molecule has 0 fully saturated rings. The SMILES string of the molecule is CCN1C(=O)[C@@H](NC(=O)c2cccc(C)c2)[C@@H](c2ccc(F)cc2)c2c(C)nn(C(C)C(F)(F)F)c21. The van der Waals surface area contributed by atoms with Gasteiger partial charge < -0.3 is 5.32 Å². The fourth-order valence-electron chi connectivity index (χ4n) is 4.66. The monoisotopic (exact) mass is 502 g/mol. The minimum atomic E-state index is -4.60. The number of hydrogen-bond acceptors (Lipinski definition) is 3. The maximum Gasteiger partial charge on any atom is 0.410 e. The van der Waals surface area contributed by atoms with Crippen molar-refractivity contribution < 1.29 is 27.2 Å². The minimum Gasteiger partial charge on any atom is -0.339 e. The standard InChI is InChI=1S/C26H26F4N4O2/c1-5-33-24-20(15(3)32-34(24)16(4)26(28,29)30)21(17-9-11-19(27)12-10-17)22(25(33)36)31-23(35)18-8-6-7-14(2)13-18/h6-13,16,21-22H,5H2,1-4H3,(H,31,35)/t16?,21-,22-/m0/s1. The molecule has 0 saturated carbocycles. The highest BCUT2D eigenvalue weighted by Crippen LogP contribution is 2.45. The number of alkyl halides is 3. The summed E-state index contributed by atoms with van der Waals surface area (Å²) in [5.41, 5.74) is 2.33. The lowest BCUT2D eigenvalue weighted by Gasteiger charge is -2.39. The summed E-state index contributed by atoms with van der Waals surface area (Å²) in [5, 5.41) is 6.98. The van der Waals surface area contributed by atoms with E-state index in [0.29, 0.717) is 16.7 Å². The molecule has 1 aliphatic heterocycles. The number of likely N-dealkylation sites (N-methyl/N-ethyl adjacent to an activating group) is 1. The van der Waals surface area contributed by atoms with Crippen LogP contribution in [0.2, 0.25) is 0 Å². The van der Waals surface area contributed by atoms with E-state index in [0.717, 1.165) is 17.2 Å². The van der Waals surface area contributed by atoms with Crippen LogP contribution in [0, 0.1) is 19.7 Å². The van der Waals surface area contributed by atoms with Gasteiger partial charge in [0, 0.05) is 23.6 Å².